The van der Waals surface area contributed by atoms with E-state index in [0.29, 0.717) is 0 Å². The SMILES string of the molecule is CSCCN1CCNCC1.Cl. The van der Waals surface area contributed by atoms with Gasteiger partial charge in [0.05, 0.1) is 0 Å². The second-order valence-corrected chi connectivity index (χ2v) is 3.57. The summed E-state index contributed by atoms with van der Waals surface area (Å²) in [4.78, 5) is 2.52. The molecule has 0 saturated carbocycles. The third-order valence-corrected chi connectivity index (χ3v) is 2.41. The van der Waals surface area contributed by atoms with Crippen LogP contribution in [0.3, 0.4) is 0 Å². The number of piperazine rings is 1. The average molecular weight is 197 g/mol. The molecule has 1 saturated heterocycles. The van der Waals surface area contributed by atoms with Gasteiger partial charge in [-0.25, -0.2) is 0 Å². The molecule has 0 amide bonds. The summed E-state index contributed by atoms with van der Waals surface area (Å²) in [6.45, 7) is 6.09. The lowest BCUT2D eigenvalue weighted by Gasteiger charge is -2.26. The number of nitrogens with one attached hydrogen (secondary N) is 1. The van der Waals surface area contributed by atoms with Crippen LogP contribution < -0.4 is 5.32 Å². The fourth-order valence-electron chi connectivity index (χ4n) is 1.16. The lowest BCUT2D eigenvalue weighted by atomic mass is 10.4. The number of hydrogen-bond donors (Lipinski definition) is 1. The molecule has 0 unspecified atom stereocenters. The van der Waals surface area contributed by atoms with Gasteiger partial charge in [0.1, 0.15) is 0 Å². The van der Waals surface area contributed by atoms with Crippen LogP contribution in [0.5, 0.6) is 0 Å². The summed E-state index contributed by atoms with van der Waals surface area (Å²) < 4.78 is 0. The number of halogens is 1. The second-order valence-electron chi connectivity index (χ2n) is 2.58. The monoisotopic (exact) mass is 196 g/mol. The molecule has 0 aromatic carbocycles. The molecule has 1 rings (SSSR count). The molecule has 1 aliphatic heterocycles. The Morgan fingerprint density at radius 2 is 2.00 bits per heavy atom. The molecule has 0 aromatic heterocycles. The summed E-state index contributed by atoms with van der Waals surface area (Å²) in [6, 6.07) is 0. The van der Waals surface area contributed by atoms with Gasteiger partial charge in [-0.05, 0) is 6.26 Å². The molecule has 0 spiro atoms. The summed E-state index contributed by atoms with van der Waals surface area (Å²) in [5.74, 6) is 1.28. The molecule has 0 aromatic rings. The minimum atomic E-state index is 0. The van der Waals surface area contributed by atoms with Crippen LogP contribution in [-0.2, 0) is 0 Å². The molecule has 2 nitrogen and oxygen atoms in total. The van der Waals surface area contributed by atoms with E-state index in [0.717, 1.165) is 0 Å². The van der Waals surface area contributed by atoms with Crippen LogP contribution in [0.4, 0.5) is 0 Å². The molecule has 1 heterocycles. The molecule has 0 aliphatic carbocycles. The number of nitrogens with zero attached hydrogens (tertiary/aromatic N) is 1. The third kappa shape index (κ3) is 4.90. The van der Waals surface area contributed by atoms with Gasteiger partial charge >= 0.3 is 0 Å². The summed E-state index contributed by atoms with van der Waals surface area (Å²) in [6.07, 6.45) is 2.17. The fraction of sp³-hybridized carbons (Fsp3) is 1.00. The second kappa shape index (κ2) is 7.22. The van der Waals surface area contributed by atoms with Gasteiger partial charge < -0.3 is 5.32 Å². The summed E-state index contributed by atoms with van der Waals surface area (Å²) >= 11 is 1.93. The zero-order valence-electron chi connectivity index (χ0n) is 7.01. The van der Waals surface area contributed by atoms with Crippen molar-refractivity contribution in [3.8, 4) is 0 Å². The van der Waals surface area contributed by atoms with Crippen LogP contribution in [0.1, 0.15) is 0 Å². The molecule has 68 valence electrons. The first-order valence-corrected chi connectivity index (χ1v) is 5.25. The van der Waals surface area contributed by atoms with E-state index >= 15 is 0 Å². The van der Waals surface area contributed by atoms with Crippen LogP contribution in [0.25, 0.3) is 0 Å². The molecule has 0 radical (unpaired) electrons. The van der Waals surface area contributed by atoms with Gasteiger partial charge in [0.25, 0.3) is 0 Å². The lowest BCUT2D eigenvalue weighted by molar-refractivity contribution is 0.255. The van der Waals surface area contributed by atoms with Crippen LogP contribution in [0, 0.1) is 0 Å². The lowest BCUT2D eigenvalue weighted by Crippen LogP contribution is -2.44. The molecule has 0 atom stereocenters. The van der Waals surface area contributed by atoms with Gasteiger partial charge in [0.15, 0.2) is 0 Å². The van der Waals surface area contributed by atoms with Gasteiger partial charge in [-0.2, -0.15) is 11.8 Å². The van der Waals surface area contributed by atoms with E-state index in [2.05, 4.69) is 16.5 Å². The predicted octanol–water partition coefficient (Wildman–Crippen LogP) is 0.676. The zero-order valence-corrected chi connectivity index (χ0v) is 8.64. The minimum absolute atomic E-state index is 0. The quantitative estimate of drug-likeness (QED) is 0.715. The van der Waals surface area contributed by atoms with Crippen LogP contribution in [-0.4, -0.2) is 49.6 Å². The molecular weight excluding hydrogens is 180 g/mol. The number of hydrogen-bond acceptors (Lipinski definition) is 3. The van der Waals surface area contributed by atoms with E-state index < -0.39 is 0 Å². The fourth-order valence-corrected chi connectivity index (χ4v) is 1.60. The maximum Gasteiger partial charge on any atom is 0.0108 e. The van der Waals surface area contributed by atoms with Crippen molar-refractivity contribution in [1.29, 1.82) is 0 Å². The number of thioether (sulfide) groups is 1. The van der Waals surface area contributed by atoms with Crippen LogP contribution in [0.15, 0.2) is 0 Å². The molecule has 4 heteroatoms. The first-order chi connectivity index (χ1) is 4.93. The summed E-state index contributed by atoms with van der Waals surface area (Å²) in [7, 11) is 0. The molecule has 11 heavy (non-hydrogen) atoms. The number of rotatable bonds is 3. The third-order valence-electron chi connectivity index (χ3n) is 1.82. The smallest absolute Gasteiger partial charge is 0.0108 e. The van der Waals surface area contributed by atoms with Crippen molar-refractivity contribution < 1.29 is 0 Å². The molecule has 1 aliphatic rings. The van der Waals surface area contributed by atoms with Crippen LogP contribution >= 0.6 is 24.2 Å². The van der Waals surface area contributed by atoms with Crippen molar-refractivity contribution in [2.24, 2.45) is 0 Å². The highest BCUT2D eigenvalue weighted by molar-refractivity contribution is 7.98. The highest BCUT2D eigenvalue weighted by atomic mass is 35.5. The Kier molecular flexibility index (Phi) is 7.59. The topological polar surface area (TPSA) is 15.3 Å². The zero-order chi connectivity index (χ0) is 7.23. The first kappa shape index (κ1) is 11.6. The van der Waals surface area contributed by atoms with Gasteiger partial charge in [-0.1, -0.05) is 0 Å². The van der Waals surface area contributed by atoms with Crippen molar-refractivity contribution in [2.45, 2.75) is 0 Å². The van der Waals surface area contributed by atoms with Gasteiger partial charge in [-0.3, -0.25) is 4.90 Å². The van der Waals surface area contributed by atoms with Gasteiger partial charge in [-0.15, -0.1) is 12.4 Å². The van der Waals surface area contributed by atoms with E-state index in [9.17, 15) is 0 Å². The molecule has 1 fully saturated rings. The van der Waals surface area contributed by atoms with Gasteiger partial charge in [0.2, 0.25) is 0 Å². The van der Waals surface area contributed by atoms with Crippen molar-refractivity contribution in [3.05, 3.63) is 0 Å². The molecular formula is C7H17ClN2S. The average Bonchev–Trinajstić information content (AvgIpc) is 2.03. The first-order valence-electron chi connectivity index (χ1n) is 3.85. The van der Waals surface area contributed by atoms with E-state index in [-0.39, 0.29) is 12.4 Å². The van der Waals surface area contributed by atoms with Crippen molar-refractivity contribution in [3.63, 3.8) is 0 Å². The predicted molar refractivity (Wildman–Crippen MR) is 54.9 cm³/mol. The molecule has 0 bridgehead atoms. The Morgan fingerprint density at radius 3 is 2.55 bits per heavy atom. The van der Waals surface area contributed by atoms with Gasteiger partial charge in [0, 0.05) is 38.5 Å². The Hall–Kier alpha value is 0.560. The van der Waals surface area contributed by atoms with Crippen molar-refractivity contribution >= 4 is 24.2 Å². The van der Waals surface area contributed by atoms with Crippen LogP contribution in [0.2, 0.25) is 0 Å². The van der Waals surface area contributed by atoms with E-state index in [1.165, 1.54) is 38.5 Å². The minimum Gasteiger partial charge on any atom is -0.314 e. The molecule has 1 N–H and O–H groups in total. The Morgan fingerprint density at radius 1 is 1.36 bits per heavy atom. The maximum absolute atomic E-state index is 3.34. The Bertz CT molecular complexity index is 86.5. The van der Waals surface area contributed by atoms with Crippen molar-refractivity contribution in [2.75, 3.05) is 44.7 Å². The van der Waals surface area contributed by atoms with E-state index in [1.54, 1.807) is 0 Å². The highest BCUT2D eigenvalue weighted by Crippen LogP contribution is 1.96. The summed E-state index contributed by atoms with van der Waals surface area (Å²) in [5.41, 5.74) is 0. The van der Waals surface area contributed by atoms with E-state index in [1.807, 2.05) is 11.8 Å². The van der Waals surface area contributed by atoms with E-state index in [4.69, 9.17) is 0 Å². The van der Waals surface area contributed by atoms with Crippen molar-refractivity contribution in [1.82, 2.24) is 10.2 Å². The Labute approximate surface area is 79.5 Å². The Balaban J connectivity index is 0.000001000. The highest BCUT2D eigenvalue weighted by Gasteiger charge is 2.07. The largest absolute Gasteiger partial charge is 0.314 e. The standard InChI is InChI=1S/C7H16N2S.ClH/c1-10-7-6-9-4-2-8-3-5-9;/h8H,2-7H2,1H3;1H. The normalized spacial score (nSPS) is 19.4. The maximum atomic E-state index is 3.34. The summed E-state index contributed by atoms with van der Waals surface area (Å²) in [5, 5.41) is 3.34.